The quantitative estimate of drug-likeness (QED) is 0.616. The molecular formula is C11H12ClN3O. The second kappa shape index (κ2) is 5.50. The molecule has 1 atom stereocenters. The Balaban J connectivity index is 2.82. The van der Waals surface area contributed by atoms with Gasteiger partial charge in [-0.05, 0) is 18.6 Å². The molecule has 4 nitrogen and oxygen atoms in total. The number of hydrogen-bond acceptors (Lipinski definition) is 3. The predicted octanol–water partition coefficient (Wildman–Crippen LogP) is 1.33. The van der Waals surface area contributed by atoms with Crippen LogP contribution < -0.4 is 11.1 Å². The Hall–Kier alpha value is -1.57. The standard InChI is InChI=1S/C11H12ClN3O/c1-3-4-8(13)11(16)15-9-7(2)5-6-14-10(9)12/h1,5-6,8H,4,13H2,2H3,(H,15,16). The van der Waals surface area contributed by atoms with E-state index in [4.69, 9.17) is 23.8 Å². The Bertz CT molecular complexity index is 419. The Morgan fingerprint density at radius 3 is 3.06 bits per heavy atom. The first-order chi connectivity index (χ1) is 7.56. The molecule has 0 aliphatic carbocycles. The van der Waals surface area contributed by atoms with Crippen LogP contribution in [-0.2, 0) is 4.79 Å². The van der Waals surface area contributed by atoms with Crippen molar-refractivity contribution in [2.45, 2.75) is 19.4 Å². The predicted molar refractivity (Wildman–Crippen MR) is 64.0 cm³/mol. The van der Waals surface area contributed by atoms with Crippen molar-refractivity contribution in [1.29, 1.82) is 0 Å². The number of nitrogens with zero attached hydrogens (tertiary/aromatic N) is 1. The molecule has 1 aromatic heterocycles. The Morgan fingerprint density at radius 2 is 2.50 bits per heavy atom. The molecule has 0 aliphatic rings. The number of nitrogens with two attached hydrogens (primary N) is 1. The van der Waals surface area contributed by atoms with Gasteiger partial charge in [0, 0.05) is 12.6 Å². The van der Waals surface area contributed by atoms with Gasteiger partial charge in [-0.15, -0.1) is 12.3 Å². The SMILES string of the molecule is C#CCC(N)C(=O)Nc1c(C)ccnc1Cl. The molecule has 1 rings (SSSR count). The summed E-state index contributed by atoms with van der Waals surface area (Å²) in [5.74, 6) is 1.96. The van der Waals surface area contributed by atoms with Gasteiger partial charge in [-0.3, -0.25) is 4.79 Å². The normalized spacial score (nSPS) is 11.6. The van der Waals surface area contributed by atoms with Gasteiger partial charge in [0.1, 0.15) is 0 Å². The highest BCUT2D eigenvalue weighted by Crippen LogP contribution is 2.22. The maximum atomic E-state index is 11.6. The lowest BCUT2D eigenvalue weighted by molar-refractivity contribution is -0.117. The fourth-order valence-electron chi connectivity index (χ4n) is 1.11. The van der Waals surface area contributed by atoms with Crippen LogP contribution in [0.5, 0.6) is 0 Å². The van der Waals surface area contributed by atoms with Crippen molar-refractivity contribution in [2.75, 3.05) is 5.32 Å². The number of rotatable bonds is 3. The maximum Gasteiger partial charge on any atom is 0.242 e. The van der Waals surface area contributed by atoms with Crippen molar-refractivity contribution in [3.63, 3.8) is 0 Å². The summed E-state index contributed by atoms with van der Waals surface area (Å²) >= 11 is 5.85. The Labute approximate surface area is 99.2 Å². The summed E-state index contributed by atoms with van der Waals surface area (Å²) in [5, 5.41) is 2.85. The molecule has 0 saturated heterocycles. The largest absolute Gasteiger partial charge is 0.322 e. The molecular weight excluding hydrogens is 226 g/mol. The summed E-state index contributed by atoms with van der Waals surface area (Å²) in [7, 11) is 0. The molecule has 0 spiro atoms. The molecule has 1 heterocycles. The first-order valence-electron chi connectivity index (χ1n) is 4.67. The second-order valence-electron chi connectivity index (χ2n) is 3.30. The Morgan fingerprint density at radius 1 is 1.81 bits per heavy atom. The monoisotopic (exact) mass is 237 g/mol. The van der Waals surface area contributed by atoms with Gasteiger partial charge in [0.25, 0.3) is 0 Å². The van der Waals surface area contributed by atoms with Crippen molar-refractivity contribution >= 4 is 23.2 Å². The van der Waals surface area contributed by atoms with Crippen LogP contribution in [0.25, 0.3) is 0 Å². The van der Waals surface area contributed by atoms with Crippen LogP contribution in [0.2, 0.25) is 5.15 Å². The van der Waals surface area contributed by atoms with E-state index in [0.29, 0.717) is 5.69 Å². The van der Waals surface area contributed by atoms with Crippen molar-refractivity contribution in [2.24, 2.45) is 5.73 Å². The topological polar surface area (TPSA) is 68.0 Å². The van der Waals surface area contributed by atoms with Crippen LogP contribution >= 0.6 is 11.6 Å². The van der Waals surface area contributed by atoms with Crippen LogP contribution in [-0.4, -0.2) is 16.9 Å². The number of nitrogens with one attached hydrogen (secondary N) is 1. The van der Waals surface area contributed by atoms with Gasteiger partial charge < -0.3 is 11.1 Å². The van der Waals surface area contributed by atoms with Crippen LogP contribution in [0.4, 0.5) is 5.69 Å². The second-order valence-corrected chi connectivity index (χ2v) is 3.66. The summed E-state index contributed by atoms with van der Waals surface area (Å²) < 4.78 is 0. The van der Waals surface area contributed by atoms with Crippen molar-refractivity contribution < 1.29 is 4.79 Å². The van der Waals surface area contributed by atoms with Crippen molar-refractivity contribution in [3.05, 3.63) is 23.0 Å². The van der Waals surface area contributed by atoms with E-state index in [9.17, 15) is 4.79 Å². The lowest BCUT2D eigenvalue weighted by Crippen LogP contribution is -2.35. The molecule has 1 unspecified atom stereocenters. The number of terminal acetylenes is 1. The molecule has 0 radical (unpaired) electrons. The van der Waals surface area contributed by atoms with Gasteiger partial charge in [-0.1, -0.05) is 11.6 Å². The van der Waals surface area contributed by atoms with Gasteiger partial charge in [0.05, 0.1) is 11.7 Å². The number of anilines is 1. The molecule has 0 bridgehead atoms. The maximum absolute atomic E-state index is 11.6. The number of aromatic nitrogens is 1. The first kappa shape index (κ1) is 12.5. The fourth-order valence-corrected chi connectivity index (χ4v) is 1.36. The highest BCUT2D eigenvalue weighted by Gasteiger charge is 2.15. The number of carbonyl (C=O) groups excluding carboxylic acids is 1. The highest BCUT2D eigenvalue weighted by molar-refractivity contribution is 6.32. The molecule has 3 N–H and O–H groups in total. The number of hydrogen-bond donors (Lipinski definition) is 2. The molecule has 0 aliphatic heterocycles. The molecule has 0 aromatic carbocycles. The van der Waals surface area contributed by atoms with Gasteiger partial charge in [-0.25, -0.2) is 4.98 Å². The smallest absolute Gasteiger partial charge is 0.242 e. The minimum atomic E-state index is -0.735. The molecule has 0 fully saturated rings. The fraction of sp³-hybridized carbons (Fsp3) is 0.273. The number of pyridine rings is 1. The van der Waals surface area contributed by atoms with Gasteiger partial charge >= 0.3 is 0 Å². The van der Waals surface area contributed by atoms with E-state index in [0.717, 1.165) is 5.56 Å². The third kappa shape index (κ3) is 2.96. The van der Waals surface area contributed by atoms with Gasteiger partial charge in [0.15, 0.2) is 5.15 Å². The summed E-state index contributed by atoms with van der Waals surface area (Å²) in [4.78, 5) is 15.5. The van der Waals surface area contributed by atoms with Crippen LogP contribution in [0.1, 0.15) is 12.0 Å². The molecule has 1 aromatic rings. The van der Waals surface area contributed by atoms with E-state index in [1.54, 1.807) is 12.3 Å². The minimum Gasteiger partial charge on any atom is -0.322 e. The van der Waals surface area contributed by atoms with Crippen LogP contribution in [0.15, 0.2) is 12.3 Å². The number of aryl methyl sites for hydroxylation is 1. The minimum absolute atomic E-state index is 0.183. The zero-order chi connectivity index (χ0) is 12.1. The first-order valence-corrected chi connectivity index (χ1v) is 5.05. The summed E-state index contributed by atoms with van der Waals surface area (Å²) in [6, 6.07) is 1.01. The lowest BCUT2D eigenvalue weighted by atomic mass is 10.2. The molecule has 0 saturated carbocycles. The van der Waals surface area contributed by atoms with E-state index in [1.165, 1.54) is 0 Å². The molecule has 84 valence electrons. The number of halogens is 1. The van der Waals surface area contributed by atoms with E-state index in [2.05, 4.69) is 16.2 Å². The number of amides is 1. The van der Waals surface area contributed by atoms with Crippen molar-refractivity contribution in [3.8, 4) is 12.3 Å². The average Bonchev–Trinajstić information content (AvgIpc) is 2.23. The summed E-state index contributed by atoms with van der Waals surface area (Å²) in [5.41, 5.74) is 6.85. The van der Waals surface area contributed by atoms with Crippen molar-refractivity contribution in [1.82, 2.24) is 4.98 Å². The van der Waals surface area contributed by atoms with Gasteiger partial charge in [0.2, 0.25) is 5.91 Å². The molecule has 16 heavy (non-hydrogen) atoms. The average molecular weight is 238 g/mol. The summed E-state index contributed by atoms with van der Waals surface area (Å²) in [6.07, 6.45) is 6.82. The number of carbonyl (C=O) groups is 1. The van der Waals surface area contributed by atoms with E-state index < -0.39 is 6.04 Å². The Kier molecular flexibility index (Phi) is 4.29. The summed E-state index contributed by atoms with van der Waals surface area (Å²) in [6.45, 7) is 1.82. The van der Waals surface area contributed by atoms with E-state index in [1.807, 2.05) is 6.92 Å². The van der Waals surface area contributed by atoms with Crippen LogP contribution in [0, 0.1) is 19.3 Å². The zero-order valence-corrected chi connectivity index (χ0v) is 9.58. The van der Waals surface area contributed by atoms with E-state index in [-0.39, 0.29) is 17.5 Å². The highest BCUT2D eigenvalue weighted by atomic mass is 35.5. The van der Waals surface area contributed by atoms with Crippen LogP contribution in [0.3, 0.4) is 0 Å². The van der Waals surface area contributed by atoms with Gasteiger partial charge in [-0.2, -0.15) is 0 Å². The third-order valence-electron chi connectivity index (χ3n) is 2.04. The lowest BCUT2D eigenvalue weighted by Gasteiger charge is -2.12. The zero-order valence-electron chi connectivity index (χ0n) is 8.83. The van der Waals surface area contributed by atoms with E-state index >= 15 is 0 Å². The molecule has 5 heteroatoms. The molecule has 1 amide bonds. The third-order valence-corrected chi connectivity index (χ3v) is 2.32.